The number of halogens is 2. The molecule has 0 aliphatic carbocycles. The Morgan fingerprint density at radius 3 is 1.92 bits per heavy atom. The van der Waals surface area contributed by atoms with Gasteiger partial charge in [0.15, 0.2) is 0 Å². The lowest BCUT2D eigenvalue weighted by atomic mass is 10.0. The fraction of sp³-hybridized carbons (Fsp3) is 0.355. The zero-order valence-corrected chi connectivity index (χ0v) is 24.2. The number of benzene rings is 3. The van der Waals surface area contributed by atoms with Crippen molar-refractivity contribution in [1.82, 2.24) is 4.90 Å². The molecule has 0 radical (unpaired) electrons. The highest BCUT2D eigenvalue weighted by Gasteiger charge is 2.25. The lowest BCUT2D eigenvalue weighted by molar-refractivity contribution is -0.133. The van der Waals surface area contributed by atoms with Crippen molar-refractivity contribution in [3.8, 4) is 0 Å². The fourth-order valence-corrected chi connectivity index (χ4v) is 6.21. The molecule has 3 aromatic carbocycles. The molecule has 0 aromatic heterocycles. The third-order valence-corrected chi connectivity index (χ3v) is 8.91. The molecule has 0 fully saturated rings. The Kier molecular flexibility index (Phi) is 12.2. The first-order chi connectivity index (χ1) is 18.3. The van der Waals surface area contributed by atoms with Gasteiger partial charge in [-0.25, -0.2) is 4.21 Å². The molecule has 0 saturated carbocycles. The van der Waals surface area contributed by atoms with Crippen molar-refractivity contribution >= 4 is 44.3 Å². The molecule has 0 heterocycles. The number of carbonyl (C=O) groups is 1. The largest absolute Gasteiger partial charge is 0.342 e. The van der Waals surface area contributed by atoms with Crippen LogP contribution in [-0.2, 0) is 27.4 Å². The minimum absolute atomic E-state index is 0.0959. The van der Waals surface area contributed by atoms with E-state index in [9.17, 15) is 13.6 Å². The van der Waals surface area contributed by atoms with Crippen LogP contribution in [-0.4, -0.2) is 38.0 Å². The van der Waals surface area contributed by atoms with Gasteiger partial charge in [-0.05, 0) is 61.4 Å². The summed E-state index contributed by atoms with van der Waals surface area (Å²) in [7, 11) is -3.60. The number of carbonyl (C=O) groups excluding carboxylic acids is 1. The van der Waals surface area contributed by atoms with Gasteiger partial charge in [0, 0.05) is 18.5 Å². The van der Waals surface area contributed by atoms with Crippen LogP contribution in [0.4, 0.5) is 0 Å². The second-order valence-corrected chi connectivity index (χ2v) is 12.2. The van der Waals surface area contributed by atoms with Crippen molar-refractivity contribution in [3.05, 3.63) is 100 Å². The molecule has 7 heteroatoms. The van der Waals surface area contributed by atoms with Crippen LogP contribution in [0.3, 0.4) is 0 Å². The van der Waals surface area contributed by atoms with Crippen LogP contribution in [0.15, 0.2) is 83.8 Å². The molecule has 3 aromatic rings. The lowest BCUT2D eigenvalue weighted by Crippen LogP contribution is -2.39. The molecule has 0 bridgehead atoms. The Morgan fingerprint density at radius 1 is 0.868 bits per heavy atom. The Hall–Kier alpha value is -2.31. The first-order valence-electron chi connectivity index (χ1n) is 13.2. The second kappa shape index (κ2) is 15.3. The van der Waals surface area contributed by atoms with E-state index < -0.39 is 15.7 Å². The number of amides is 1. The third kappa shape index (κ3) is 9.46. The van der Waals surface area contributed by atoms with Gasteiger partial charge in [0.05, 0.1) is 20.9 Å². The fourth-order valence-electron chi connectivity index (χ4n) is 4.44. The van der Waals surface area contributed by atoms with Gasteiger partial charge in [-0.3, -0.25) is 4.79 Å². The van der Waals surface area contributed by atoms with Gasteiger partial charge in [0.25, 0.3) is 0 Å². The molecule has 0 saturated heterocycles. The maximum absolute atomic E-state index is 13.9. The van der Waals surface area contributed by atoms with E-state index in [2.05, 4.69) is 24.3 Å². The highest BCUT2D eigenvalue weighted by Crippen LogP contribution is 2.26. The van der Waals surface area contributed by atoms with E-state index in [0.717, 1.165) is 38.5 Å². The first-order valence-corrected chi connectivity index (χ1v) is 15.6. The zero-order chi connectivity index (χ0) is 27.4. The van der Waals surface area contributed by atoms with E-state index in [1.807, 2.05) is 48.2 Å². The normalized spacial score (nSPS) is 13.5. The van der Waals surface area contributed by atoms with Gasteiger partial charge in [0.1, 0.15) is 9.80 Å². The number of hydrogen-bond donors (Lipinski definition) is 1. The Morgan fingerprint density at radius 2 is 1.42 bits per heavy atom. The van der Waals surface area contributed by atoms with E-state index in [-0.39, 0.29) is 15.8 Å². The quantitative estimate of drug-likeness (QED) is 0.200. The summed E-state index contributed by atoms with van der Waals surface area (Å²) in [6, 6.07) is 24.9. The summed E-state index contributed by atoms with van der Waals surface area (Å²) >= 11 is 12.1. The molecule has 0 spiro atoms. The van der Waals surface area contributed by atoms with Crippen molar-refractivity contribution in [3.63, 3.8) is 0 Å². The van der Waals surface area contributed by atoms with E-state index in [1.54, 1.807) is 0 Å². The van der Waals surface area contributed by atoms with Crippen molar-refractivity contribution in [2.24, 2.45) is 5.92 Å². The highest BCUT2D eigenvalue weighted by molar-refractivity contribution is 7.96. The van der Waals surface area contributed by atoms with E-state index >= 15 is 0 Å². The number of unbranched alkanes of at least 4 members (excludes halogenated alkanes) is 1. The molecule has 4 nitrogen and oxygen atoms in total. The second-order valence-electron chi connectivity index (χ2n) is 9.53. The molecule has 2 atom stereocenters. The Labute approximate surface area is 237 Å². The molecule has 0 aliphatic heterocycles. The summed E-state index contributed by atoms with van der Waals surface area (Å²) in [4.78, 5) is 15.9. The van der Waals surface area contributed by atoms with E-state index in [4.69, 9.17) is 23.2 Å². The van der Waals surface area contributed by atoms with Gasteiger partial charge in [-0.1, -0.05) is 104 Å². The maximum Gasteiger partial charge on any atom is 0.230 e. The van der Waals surface area contributed by atoms with Crippen LogP contribution >= 0.6 is 23.2 Å². The van der Waals surface area contributed by atoms with Crippen LogP contribution < -0.4 is 0 Å². The van der Waals surface area contributed by atoms with Gasteiger partial charge in [0.2, 0.25) is 5.91 Å². The average molecular weight is 575 g/mol. The molecule has 204 valence electrons. The van der Waals surface area contributed by atoms with Crippen LogP contribution in [0.2, 0.25) is 10.0 Å². The van der Waals surface area contributed by atoms with Crippen molar-refractivity contribution in [1.29, 1.82) is 0 Å². The number of aryl methyl sites for hydroxylation is 2. The van der Waals surface area contributed by atoms with E-state index in [1.165, 1.54) is 34.7 Å². The Bertz CT molecular complexity index is 1230. The van der Waals surface area contributed by atoms with Crippen molar-refractivity contribution < 1.29 is 13.6 Å². The van der Waals surface area contributed by atoms with Gasteiger partial charge in [-0.2, -0.15) is 0 Å². The van der Waals surface area contributed by atoms with Gasteiger partial charge >= 0.3 is 0 Å². The number of hydrogen-bond acceptors (Lipinski definition) is 2. The molecule has 0 aliphatic rings. The number of nitrogens with zero attached hydrogens (tertiary/aromatic N) is 1. The van der Waals surface area contributed by atoms with Crippen LogP contribution in [0, 0.1) is 5.92 Å². The predicted molar refractivity (Wildman–Crippen MR) is 161 cm³/mol. The van der Waals surface area contributed by atoms with Crippen LogP contribution in [0.25, 0.3) is 0 Å². The van der Waals surface area contributed by atoms with Crippen LogP contribution in [0.1, 0.15) is 50.2 Å². The standard InChI is InChI=1S/C31H37Cl2NO3S/c1-2-3-18-27(24-38(36,37)28-19-20-29(32)30(33)23-28)31(35)34(21-10-16-25-12-6-4-7-13-25)22-11-17-26-14-8-5-9-15-26/h4-9,12-15,19-20,23-24,27H,2-3,10-11,16-18,21-22H2,1H3,(H,36,37). The van der Waals surface area contributed by atoms with Crippen molar-refractivity contribution in [2.45, 2.75) is 56.8 Å². The summed E-state index contributed by atoms with van der Waals surface area (Å²) in [5.74, 6) is -0.767. The summed E-state index contributed by atoms with van der Waals surface area (Å²) in [5.41, 5.74) is 2.47. The summed E-state index contributed by atoms with van der Waals surface area (Å²) in [6.45, 7) is 3.24. The SMILES string of the molecule is CCCCC(C=S(=O)(O)c1ccc(Cl)c(Cl)c1)C(=O)N(CCCc1ccccc1)CCCc1ccccc1. The lowest BCUT2D eigenvalue weighted by Gasteiger charge is -2.27. The summed E-state index contributed by atoms with van der Waals surface area (Å²) < 4.78 is 24.3. The maximum atomic E-state index is 13.9. The highest BCUT2D eigenvalue weighted by atomic mass is 35.5. The molecule has 1 N–H and O–H groups in total. The minimum Gasteiger partial charge on any atom is -0.342 e. The molecular formula is C31H37Cl2NO3S. The molecule has 2 unspecified atom stereocenters. The Balaban J connectivity index is 1.81. The summed E-state index contributed by atoms with van der Waals surface area (Å²) in [5, 5.41) is 1.85. The third-order valence-electron chi connectivity index (χ3n) is 6.55. The molecule has 3 rings (SSSR count). The average Bonchev–Trinajstić information content (AvgIpc) is 2.92. The topological polar surface area (TPSA) is 57.6 Å². The molecule has 38 heavy (non-hydrogen) atoms. The van der Waals surface area contributed by atoms with Crippen LogP contribution in [0.5, 0.6) is 0 Å². The van der Waals surface area contributed by atoms with Crippen molar-refractivity contribution in [2.75, 3.05) is 13.1 Å². The van der Waals surface area contributed by atoms with Gasteiger partial charge < -0.3 is 9.45 Å². The first kappa shape index (κ1) is 30.2. The minimum atomic E-state index is -3.60. The molecule has 1 amide bonds. The monoisotopic (exact) mass is 573 g/mol. The van der Waals surface area contributed by atoms with Gasteiger partial charge in [-0.15, -0.1) is 0 Å². The molecular weight excluding hydrogens is 537 g/mol. The van der Waals surface area contributed by atoms with E-state index in [0.29, 0.717) is 24.5 Å². The number of rotatable bonds is 14. The smallest absolute Gasteiger partial charge is 0.230 e. The summed E-state index contributed by atoms with van der Waals surface area (Å²) in [6.07, 6.45) is 5.57. The predicted octanol–water partition coefficient (Wildman–Crippen LogP) is 7.81. The zero-order valence-electron chi connectivity index (χ0n) is 21.9.